The van der Waals surface area contributed by atoms with Gasteiger partial charge in [-0.2, -0.15) is 18.2 Å². The van der Waals surface area contributed by atoms with Crippen LogP contribution in [0.25, 0.3) is 0 Å². The number of benzene rings is 1. The van der Waals surface area contributed by atoms with Crippen LogP contribution in [0.3, 0.4) is 0 Å². The van der Waals surface area contributed by atoms with E-state index in [-0.39, 0.29) is 29.5 Å². The number of rotatable bonds is 4. The summed E-state index contributed by atoms with van der Waals surface area (Å²) in [7, 11) is 0. The average molecular weight is 498 g/mol. The van der Waals surface area contributed by atoms with Gasteiger partial charge in [-0.15, -0.1) is 0 Å². The molecule has 2 amide bonds. The molecule has 0 aliphatic carbocycles. The molecule has 0 radical (unpaired) electrons. The van der Waals surface area contributed by atoms with Gasteiger partial charge in [0.25, 0.3) is 5.56 Å². The van der Waals surface area contributed by atoms with Gasteiger partial charge < -0.3 is 15.5 Å². The van der Waals surface area contributed by atoms with Crippen molar-refractivity contribution in [1.82, 2.24) is 9.97 Å². The third kappa shape index (κ3) is 4.75. The van der Waals surface area contributed by atoms with Crippen LogP contribution in [0, 0.1) is 0 Å². The van der Waals surface area contributed by atoms with Crippen molar-refractivity contribution in [2.24, 2.45) is 0 Å². The molecule has 3 N–H and O–H groups in total. The Kier molecular flexibility index (Phi) is 6.57. The van der Waals surface area contributed by atoms with Crippen LogP contribution < -0.4 is 21.1 Å². The maximum atomic E-state index is 13.2. The quantitative estimate of drug-likeness (QED) is 0.584. The molecule has 2 aliphatic rings. The second kappa shape index (κ2) is 9.28. The number of aromatic amines is 1. The van der Waals surface area contributed by atoms with Crippen molar-refractivity contribution in [3.8, 4) is 0 Å². The van der Waals surface area contributed by atoms with E-state index in [1.54, 1.807) is 0 Å². The third-order valence-electron chi connectivity index (χ3n) is 6.16. The molecule has 1 saturated heterocycles. The first-order valence-electron chi connectivity index (χ1n) is 11.0. The molecule has 1 aromatic carbocycles. The van der Waals surface area contributed by atoms with Gasteiger partial charge in [-0.1, -0.05) is 18.5 Å². The molecule has 1 aromatic heterocycles. The minimum atomic E-state index is -4.71. The van der Waals surface area contributed by atoms with Crippen molar-refractivity contribution in [1.29, 1.82) is 0 Å². The molecule has 2 aromatic rings. The van der Waals surface area contributed by atoms with Gasteiger partial charge in [-0.25, -0.2) is 0 Å². The smallest absolute Gasteiger partial charge is 0.339 e. The molecular formula is C22H23ClF3N5O3. The molecule has 1 fully saturated rings. The SMILES string of the molecule is CC[C@H]1CCCCN1c1nc2c(c(=O)[nH]1)[C@H](C(=O)Nc1ccc(Cl)c(C(F)(F)F)c1)CC(=O)N2. The van der Waals surface area contributed by atoms with Crippen LogP contribution in [-0.2, 0) is 15.8 Å². The minimum absolute atomic E-state index is 0.0114. The predicted octanol–water partition coefficient (Wildman–Crippen LogP) is 4.28. The Morgan fingerprint density at radius 1 is 1.29 bits per heavy atom. The van der Waals surface area contributed by atoms with E-state index in [1.165, 1.54) is 6.07 Å². The Balaban J connectivity index is 1.65. The zero-order valence-electron chi connectivity index (χ0n) is 18.3. The van der Waals surface area contributed by atoms with E-state index in [0.29, 0.717) is 18.6 Å². The molecule has 3 heterocycles. The normalized spacial score (nSPS) is 20.5. The number of piperidine rings is 1. The van der Waals surface area contributed by atoms with Crippen molar-refractivity contribution in [2.75, 3.05) is 22.1 Å². The highest BCUT2D eigenvalue weighted by Crippen LogP contribution is 2.37. The fourth-order valence-electron chi connectivity index (χ4n) is 4.47. The lowest BCUT2D eigenvalue weighted by Gasteiger charge is -2.36. The van der Waals surface area contributed by atoms with Gasteiger partial charge in [0.15, 0.2) is 0 Å². The first-order chi connectivity index (χ1) is 16.1. The Bertz CT molecular complexity index is 1180. The number of nitrogens with zero attached hydrogens (tertiary/aromatic N) is 2. The van der Waals surface area contributed by atoms with Gasteiger partial charge >= 0.3 is 6.18 Å². The zero-order chi connectivity index (χ0) is 24.6. The Morgan fingerprint density at radius 2 is 2.06 bits per heavy atom. The molecule has 2 aliphatic heterocycles. The van der Waals surface area contributed by atoms with Crippen LogP contribution >= 0.6 is 11.6 Å². The summed E-state index contributed by atoms with van der Waals surface area (Å²) in [5.74, 6) is -2.22. The van der Waals surface area contributed by atoms with Crippen LogP contribution in [0.1, 0.15) is 56.1 Å². The monoisotopic (exact) mass is 497 g/mol. The van der Waals surface area contributed by atoms with Gasteiger partial charge in [0.05, 0.1) is 22.1 Å². The number of halogens is 4. The number of carbonyl (C=O) groups excluding carboxylic acids is 2. The molecule has 0 saturated carbocycles. The van der Waals surface area contributed by atoms with E-state index in [0.717, 1.165) is 31.7 Å². The molecule has 0 bridgehead atoms. The first kappa shape index (κ1) is 24.1. The van der Waals surface area contributed by atoms with Gasteiger partial charge in [0.1, 0.15) is 5.82 Å². The van der Waals surface area contributed by atoms with Crippen LogP contribution in [0.2, 0.25) is 5.02 Å². The van der Waals surface area contributed by atoms with E-state index < -0.39 is 40.1 Å². The van der Waals surface area contributed by atoms with E-state index in [2.05, 4.69) is 20.6 Å². The van der Waals surface area contributed by atoms with Crippen molar-refractivity contribution in [3.05, 3.63) is 44.7 Å². The summed E-state index contributed by atoms with van der Waals surface area (Å²) in [4.78, 5) is 47.4. The Labute approximate surface area is 197 Å². The van der Waals surface area contributed by atoms with Crippen molar-refractivity contribution in [2.45, 2.75) is 57.2 Å². The summed E-state index contributed by atoms with van der Waals surface area (Å²) < 4.78 is 39.5. The standard InChI is InChI=1S/C22H23ClF3N5O3/c1-2-12-5-3-4-8-31(12)21-29-18-17(20(34)30-21)13(10-16(32)28-18)19(33)27-11-6-7-15(23)14(9-11)22(24,25)26/h6-7,9,12-13H,2-5,8,10H2,1H3,(H,27,33)(H2,28,29,30,32,34)/t12-,13+/m0/s1. The molecule has 4 rings (SSSR count). The highest BCUT2D eigenvalue weighted by Gasteiger charge is 2.37. The summed E-state index contributed by atoms with van der Waals surface area (Å²) in [6, 6.07) is 3.13. The highest BCUT2D eigenvalue weighted by atomic mass is 35.5. The lowest BCUT2D eigenvalue weighted by atomic mass is 9.92. The molecule has 2 atom stereocenters. The van der Waals surface area contributed by atoms with E-state index in [4.69, 9.17) is 11.6 Å². The molecule has 34 heavy (non-hydrogen) atoms. The van der Waals surface area contributed by atoms with Gasteiger partial charge in [0.2, 0.25) is 17.8 Å². The molecule has 8 nitrogen and oxygen atoms in total. The summed E-state index contributed by atoms with van der Waals surface area (Å²) in [6.07, 6.45) is -1.23. The second-order valence-corrected chi connectivity index (χ2v) is 8.80. The maximum absolute atomic E-state index is 13.2. The van der Waals surface area contributed by atoms with Crippen molar-refractivity contribution >= 4 is 40.9 Å². The summed E-state index contributed by atoms with van der Waals surface area (Å²) >= 11 is 5.63. The Morgan fingerprint density at radius 3 is 2.76 bits per heavy atom. The number of H-pyrrole nitrogens is 1. The van der Waals surface area contributed by atoms with Crippen molar-refractivity contribution in [3.63, 3.8) is 0 Å². The minimum Gasteiger partial charge on any atom is -0.339 e. The Hall–Kier alpha value is -3.08. The van der Waals surface area contributed by atoms with Gasteiger partial charge in [-0.3, -0.25) is 19.4 Å². The van der Waals surface area contributed by atoms with E-state index in [9.17, 15) is 27.6 Å². The fourth-order valence-corrected chi connectivity index (χ4v) is 4.70. The van der Waals surface area contributed by atoms with Crippen LogP contribution in [0.5, 0.6) is 0 Å². The number of carbonyl (C=O) groups is 2. The molecule has 0 spiro atoms. The highest BCUT2D eigenvalue weighted by molar-refractivity contribution is 6.31. The second-order valence-electron chi connectivity index (χ2n) is 8.39. The number of nitrogens with one attached hydrogen (secondary N) is 3. The largest absolute Gasteiger partial charge is 0.417 e. The fraction of sp³-hybridized carbons (Fsp3) is 0.455. The topological polar surface area (TPSA) is 107 Å². The third-order valence-corrected chi connectivity index (χ3v) is 6.49. The summed E-state index contributed by atoms with van der Waals surface area (Å²) in [5, 5.41) is 4.41. The number of anilines is 3. The summed E-state index contributed by atoms with van der Waals surface area (Å²) in [5.41, 5.74) is -1.87. The van der Waals surface area contributed by atoms with Crippen molar-refractivity contribution < 1.29 is 22.8 Å². The van der Waals surface area contributed by atoms with Crippen LogP contribution in [0.4, 0.5) is 30.6 Å². The molecule has 0 unspecified atom stereocenters. The van der Waals surface area contributed by atoms with Gasteiger partial charge in [-0.05, 0) is 43.9 Å². The summed E-state index contributed by atoms with van der Waals surface area (Å²) in [6.45, 7) is 2.75. The predicted molar refractivity (Wildman–Crippen MR) is 121 cm³/mol. The average Bonchev–Trinajstić information content (AvgIpc) is 2.78. The van der Waals surface area contributed by atoms with E-state index >= 15 is 0 Å². The van der Waals surface area contributed by atoms with Crippen LogP contribution in [0.15, 0.2) is 23.0 Å². The number of fused-ring (bicyclic) bond motifs is 1. The number of aromatic nitrogens is 2. The molecule has 12 heteroatoms. The number of alkyl halides is 3. The maximum Gasteiger partial charge on any atom is 0.417 e. The molecular weight excluding hydrogens is 475 g/mol. The lowest BCUT2D eigenvalue weighted by molar-refractivity contribution is -0.137. The lowest BCUT2D eigenvalue weighted by Crippen LogP contribution is -2.43. The van der Waals surface area contributed by atoms with Crippen LogP contribution in [-0.4, -0.2) is 34.4 Å². The first-order valence-corrected chi connectivity index (χ1v) is 11.3. The molecule has 182 valence electrons. The number of amides is 2. The number of hydrogen-bond acceptors (Lipinski definition) is 5. The van der Waals surface area contributed by atoms with Gasteiger partial charge in [0, 0.05) is 24.7 Å². The van der Waals surface area contributed by atoms with E-state index in [1.807, 2.05) is 11.8 Å². The zero-order valence-corrected chi connectivity index (χ0v) is 19.0. The number of hydrogen-bond donors (Lipinski definition) is 3.